The van der Waals surface area contributed by atoms with Crippen LogP contribution in [0.5, 0.6) is 0 Å². The second kappa shape index (κ2) is 10.0. The van der Waals surface area contributed by atoms with Crippen molar-refractivity contribution in [3.63, 3.8) is 0 Å². The molecule has 0 amide bonds. The normalized spacial score (nSPS) is 15.9. The van der Waals surface area contributed by atoms with Crippen LogP contribution < -0.4 is 0 Å². The zero-order chi connectivity index (χ0) is 20.7. The van der Waals surface area contributed by atoms with Crippen LogP contribution in [0.1, 0.15) is 18.1 Å². The van der Waals surface area contributed by atoms with Crippen LogP contribution in [0.25, 0.3) is 0 Å². The molecule has 3 rings (SSSR count). The highest BCUT2D eigenvalue weighted by molar-refractivity contribution is 7.89. The first-order valence-corrected chi connectivity index (χ1v) is 11.4. The predicted octanol–water partition coefficient (Wildman–Crippen LogP) is 2.34. The summed E-state index contributed by atoms with van der Waals surface area (Å²) in [5.74, 6) is -0.205. The zero-order valence-corrected chi connectivity index (χ0v) is 17.6. The fourth-order valence-electron chi connectivity index (χ4n) is 3.42. The molecule has 1 fully saturated rings. The Balaban J connectivity index is 1.46. The first kappa shape index (κ1) is 21.5. The van der Waals surface area contributed by atoms with E-state index in [-0.39, 0.29) is 5.97 Å². The maximum atomic E-state index is 12.7. The molecule has 0 atom stereocenters. The van der Waals surface area contributed by atoms with Crippen LogP contribution in [0.3, 0.4) is 0 Å². The van der Waals surface area contributed by atoms with Crippen molar-refractivity contribution < 1.29 is 17.9 Å². The Morgan fingerprint density at radius 1 is 0.931 bits per heavy atom. The third-order valence-electron chi connectivity index (χ3n) is 5.11. The van der Waals surface area contributed by atoms with Gasteiger partial charge >= 0.3 is 5.97 Å². The first-order valence-electron chi connectivity index (χ1n) is 10.00. The van der Waals surface area contributed by atoms with E-state index in [4.69, 9.17) is 4.74 Å². The molecule has 2 aromatic carbocycles. The average molecular weight is 417 g/mol. The van der Waals surface area contributed by atoms with Crippen LogP contribution in [0.2, 0.25) is 0 Å². The number of hydrogen-bond donors (Lipinski definition) is 0. The second-order valence-corrected chi connectivity index (χ2v) is 9.05. The molecule has 0 aliphatic carbocycles. The Bertz CT molecular complexity index is 890. The summed E-state index contributed by atoms with van der Waals surface area (Å²) in [7, 11) is -3.40. The molecular weight excluding hydrogens is 388 g/mol. The van der Waals surface area contributed by atoms with Gasteiger partial charge < -0.3 is 9.64 Å². The molecule has 0 radical (unpaired) electrons. The monoisotopic (exact) mass is 416 g/mol. The van der Waals surface area contributed by atoms with E-state index in [9.17, 15) is 13.2 Å². The Hall–Kier alpha value is -2.22. The first-order chi connectivity index (χ1) is 14.0. The standard InChI is InChI=1S/C22H28N2O4S/c1-2-28-22(25)18-20-10-8-19(9-11-20)12-13-23-14-16-24(17-15-23)29(26,27)21-6-4-3-5-7-21/h3-11H,2,12-18H2,1H3. The summed E-state index contributed by atoms with van der Waals surface area (Å²) < 4.78 is 31.9. The molecule has 0 spiro atoms. The molecule has 0 bridgehead atoms. The number of piperazine rings is 1. The number of benzene rings is 2. The molecule has 0 N–H and O–H groups in total. The van der Waals surface area contributed by atoms with Gasteiger partial charge in [0.1, 0.15) is 0 Å². The number of nitrogens with zero attached hydrogens (tertiary/aromatic N) is 2. The van der Waals surface area contributed by atoms with Gasteiger partial charge in [0.25, 0.3) is 0 Å². The number of sulfonamides is 1. The number of carbonyl (C=O) groups excluding carboxylic acids is 1. The molecular formula is C22H28N2O4S. The minimum Gasteiger partial charge on any atom is -0.466 e. The van der Waals surface area contributed by atoms with E-state index in [1.807, 2.05) is 30.3 Å². The van der Waals surface area contributed by atoms with Gasteiger partial charge in [0.15, 0.2) is 0 Å². The summed E-state index contributed by atoms with van der Waals surface area (Å²) in [6, 6.07) is 16.6. The summed E-state index contributed by atoms with van der Waals surface area (Å²) in [5.41, 5.74) is 2.16. The molecule has 1 aliphatic rings. The lowest BCUT2D eigenvalue weighted by atomic mass is 10.1. The molecule has 7 heteroatoms. The van der Waals surface area contributed by atoms with E-state index in [0.29, 0.717) is 31.0 Å². The van der Waals surface area contributed by atoms with Gasteiger partial charge in [-0.1, -0.05) is 42.5 Å². The predicted molar refractivity (Wildman–Crippen MR) is 112 cm³/mol. The van der Waals surface area contributed by atoms with E-state index >= 15 is 0 Å². The molecule has 0 saturated carbocycles. The number of carbonyl (C=O) groups is 1. The smallest absolute Gasteiger partial charge is 0.310 e. The van der Waals surface area contributed by atoms with Crippen LogP contribution in [-0.4, -0.2) is 62.9 Å². The largest absolute Gasteiger partial charge is 0.466 e. The van der Waals surface area contributed by atoms with E-state index < -0.39 is 10.0 Å². The highest BCUT2D eigenvalue weighted by Gasteiger charge is 2.28. The summed E-state index contributed by atoms with van der Waals surface area (Å²) >= 11 is 0. The van der Waals surface area contributed by atoms with Crippen molar-refractivity contribution in [2.24, 2.45) is 0 Å². The second-order valence-electron chi connectivity index (χ2n) is 7.11. The van der Waals surface area contributed by atoms with Crippen LogP contribution in [0.4, 0.5) is 0 Å². The van der Waals surface area contributed by atoms with Crippen LogP contribution in [0, 0.1) is 0 Å². The SMILES string of the molecule is CCOC(=O)Cc1ccc(CCN2CCN(S(=O)(=O)c3ccccc3)CC2)cc1. The zero-order valence-electron chi connectivity index (χ0n) is 16.8. The lowest BCUT2D eigenvalue weighted by Gasteiger charge is -2.34. The maximum absolute atomic E-state index is 12.7. The van der Waals surface area contributed by atoms with Gasteiger partial charge in [0, 0.05) is 32.7 Å². The number of rotatable bonds is 8. The Kier molecular flexibility index (Phi) is 7.41. The van der Waals surface area contributed by atoms with Crippen molar-refractivity contribution in [1.82, 2.24) is 9.21 Å². The van der Waals surface area contributed by atoms with Gasteiger partial charge in [-0.15, -0.1) is 0 Å². The lowest BCUT2D eigenvalue weighted by molar-refractivity contribution is -0.142. The minimum absolute atomic E-state index is 0.205. The number of esters is 1. The van der Waals surface area contributed by atoms with Crippen LogP contribution in [0.15, 0.2) is 59.5 Å². The highest BCUT2D eigenvalue weighted by Crippen LogP contribution is 2.17. The Morgan fingerprint density at radius 2 is 1.55 bits per heavy atom. The van der Waals surface area contributed by atoms with Crippen molar-refractivity contribution in [3.05, 3.63) is 65.7 Å². The third-order valence-corrected chi connectivity index (χ3v) is 7.02. The third kappa shape index (κ3) is 5.88. The topological polar surface area (TPSA) is 66.9 Å². The molecule has 6 nitrogen and oxygen atoms in total. The minimum atomic E-state index is -3.40. The van der Waals surface area contributed by atoms with E-state index in [1.165, 1.54) is 5.56 Å². The summed E-state index contributed by atoms with van der Waals surface area (Å²) in [6.45, 7) is 5.57. The fraction of sp³-hybridized carbons (Fsp3) is 0.409. The van der Waals surface area contributed by atoms with Gasteiger partial charge in [-0.25, -0.2) is 8.42 Å². The highest BCUT2D eigenvalue weighted by atomic mass is 32.2. The molecule has 156 valence electrons. The van der Waals surface area contributed by atoms with E-state index in [1.54, 1.807) is 35.5 Å². The van der Waals surface area contributed by atoms with Crippen molar-refractivity contribution in [2.45, 2.75) is 24.7 Å². The van der Waals surface area contributed by atoms with Crippen LogP contribution >= 0.6 is 0 Å². The maximum Gasteiger partial charge on any atom is 0.310 e. The molecule has 0 unspecified atom stereocenters. The van der Waals surface area contributed by atoms with Crippen molar-refractivity contribution in [1.29, 1.82) is 0 Å². The number of hydrogen-bond acceptors (Lipinski definition) is 5. The van der Waals surface area contributed by atoms with Gasteiger partial charge in [0.05, 0.1) is 17.9 Å². The Labute approximate surface area is 173 Å². The number of ether oxygens (including phenoxy) is 1. The molecule has 2 aromatic rings. The molecule has 1 saturated heterocycles. The van der Waals surface area contributed by atoms with Crippen molar-refractivity contribution in [3.8, 4) is 0 Å². The summed E-state index contributed by atoms with van der Waals surface area (Å²) in [6.07, 6.45) is 1.19. The van der Waals surface area contributed by atoms with Gasteiger partial charge in [0.2, 0.25) is 10.0 Å². The van der Waals surface area contributed by atoms with Gasteiger partial charge in [-0.3, -0.25) is 4.79 Å². The van der Waals surface area contributed by atoms with E-state index in [2.05, 4.69) is 4.90 Å². The molecule has 1 aliphatic heterocycles. The van der Waals surface area contributed by atoms with Crippen molar-refractivity contribution >= 4 is 16.0 Å². The molecule has 29 heavy (non-hydrogen) atoms. The Morgan fingerprint density at radius 3 is 2.17 bits per heavy atom. The van der Waals surface area contributed by atoms with Gasteiger partial charge in [-0.2, -0.15) is 4.31 Å². The van der Waals surface area contributed by atoms with Gasteiger partial charge in [-0.05, 0) is 36.6 Å². The molecule has 0 aromatic heterocycles. The fourth-order valence-corrected chi connectivity index (χ4v) is 4.87. The summed E-state index contributed by atoms with van der Waals surface area (Å²) in [5, 5.41) is 0. The van der Waals surface area contributed by atoms with Crippen molar-refractivity contribution in [2.75, 3.05) is 39.3 Å². The quantitative estimate of drug-likeness (QED) is 0.618. The van der Waals surface area contributed by atoms with E-state index in [0.717, 1.165) is 31.6 Å². The lowest BCUT2D eigenvalue weighted by Crippen LogP contribution is -2.48. The molecule has 1 heterocycles. The van der Waals surface area contributed by atoms with Crippen LogP contribution in [-0.2, 0) is 32.4 Å². The summed E-state index contributed by atoms with van der Waals surface area (Å²) in [4.78, 5) is 14.2. The average Bonchev–Trinajstić information content (AvgIpc) is 2.74.